The molecule has 3 aromatic rings. The molecule has 1 aliphatic rings. The molecule has 0 aliphatic heterocycles. The summed E-state index contributed by atoms with van der Waals surface area (Å²) < 4.78 is 0. The lowest BCUT2D eigenvalue weighted by Gasteiger charge is -2.30. The fraction of sp³-hybridized carbons (Fsp3) is 0.250. The highest BCUT2D eigenvalue weighted by Gasteiger charge is 2.48. The highest BCUT2D eigenvalue weighted by atomic mass is 31.2. The summed E-state index contributed by atoms with van der Waals surface area (Å²) in [5.74, 6) is 0.379. The molecule has 0 radical (unpaired) electrons. The molecule has 0 spiro atoms. The Hall–Kier alpha value is -1.95. The summed E-state index contributed by atoms with van der Waals surface area (Å²) in [5, 5.41) is 14.9. The van der Waals surface area contributed by atoms with Gasteiger partial charge in [0.1, 0.15) is 23.2 Å². The molecule has 132 valence electrons. The van der Waals surface area contributed by atoms with Crippen LogP contribution in [0.2, 0.25) is 0 Å². The van der Waals surface area contributed by atoms with Gasteiger partial charge in [0.05, 0.1) is 12.3 Å². The Morgan fingerprint density at radius 3 is 1.42 bits per heavy atom. The molecule has 0 unspecified atom stereocenters. The van der Waals surface area contributed by atoms with Crippen LogP contribution in [0.4, 0.5) is 0 Å². The summed E-state index contributed by atoms with van der Waals surface area (Å²) >= 11 is 0. The Morgan fingerprint density at radius 2 is 1.08 bits per heavy atom. The molecular formula is C24H26OP+. The van der Waals surface area contributed by atoms with Gasteiger partial charge in [0.15, 0.2) is 0 Å². The number of rotatable bonds is 5. The zero-order valence-electron chi connectivity index (χ0n) is 15.0. The number of aliphatic hydroxyl groups is 1. The molecule has 0 amide bonds. The van der Waals surface area contributed by atoms with Gasteiger partial charge in [-0.05, 0) is 49.2 Å². The van der Waals surface area contributed by atoms with Crippen molar-refractivity contribution >= 4 is 23.2 Å². The van der Waals surface area contributed by atoms with Crippen molar-refractivity contribution < 1.29 is 5.11 Å². The second kappa shape index (κ2) is 7.74. The summed E-state index contributed by atoms with van der Waals surface area (Å²) in [5.41, 5.74) is 0. The summed E-state index contributed by atoms with van der Waals surface area (Å²) in [6, 6.07) is 32.9. The fourth-order valence-electron chi connectivity index (χ4n) is 4.39. The predicted octanol–water partition coefficient (Wildman–Crippen LogP) is 4.14. The van der Waals surface area contributed by atoms with Crippen LogP contribution in [0.5, 0.6) is 0 Å². The number of benzene rings is 3. The molecule has 1 fully saturated rings. The van der Waals surface area contributed by atoms with Crippen LogP contribution in [0.15, 0.2) is 91.0 Å². The second-order valence-corrected chi connectivity index (χ2v) is 10.8. The van der Waals surface area contributed by atoms with Gasteiger partial charge in [-0.15, -0.1) is 0 Å². The minimum Gasteiger partial charge on any atom is -0.393 e. The zero-order valence-corrected chi connectivity index (χ0v) is 15.9. The first-order chi connectivity index (χ1) is 12.8. The molecule has 0 saturated heterocycles. The van der Waals surface area contributed by atoms with E-state index in [-0.39, 0.29) is 6.10 Å². The molecule has 3 aromatic carbocycles. The Morgan fingerprint density at radius 1 is 0.654 bits per heavy atom. The van der Waals surface area contributed by atoms with E-state index in [0.29, 0.717) is 5.92 Å². The Balaban J connectivity index is 1.94. The quantitative estimate of drug-likeness (QED) is 0.677. The van der Waals surface area contributed by atoms with Gasteiger partial charge in [0.25, 0.3) is 0 Å². The van der Waals surface area contributed by atoms with Gasteiger partial charge in [-0.25, -0.2) is 0 Å². The molecule has 1 saturated carbocycles. The molecule has 0 aromatic heterocycles. The second-order valence-electron chi connectivity index (χ2n) is 7.26. The van der Waals surface area contributed by atoms with E-state index in [2.05, 4.69) is 91.0 Å². The van der Waals surface area contributed by atoms with Crippen LogP contribution in [0.1, 0.15) is 19.3 Å². The van der Waals surface area contributed by atoms with Gasteiger partial charge >= 0.3 is 0 Å². The molecule has 2 atom stereocenters. The largest absolute Gasteiger partial charge is 0.393 e. The summed E-state index contributed by atoms with van der Waals surface area (Å²) in [6.45, 7) is 0. The van der Waals surface area contributed by atoms with Crippen LogP contribution in [0.3, 0.4) is 0 Å². The van der Waals surface area contributed by atoms with Gasteiger partial charge in [-0.1, -0.05) is 61.0 Å². The third kappa shape index (κ3) is 3.22. The Bertz CT molecular complexity index is 720. The Labute approximate surface area is 157 Å². The van der Waals surface area contributed by atoms with Gasteiger partial charge in [-0.2, -0.15) is 0 Å². The lowest BCUT2D eigenvalue weighted by atomic mass is 10.1. The summed E-state index contributed by atoms with van der Waals surface area (Å²) in [4.78, 5) is 0. The van der Waals surface area contributed by atoms with Gasteiger partial charge in [0, 0.05) is 5.92 Å². The standard InChI is InChI=1S/C24H26OP/c25-24-18-10-11-20(24)19-26(21-12-4-1-5-13-21,22-14-6-2-7-15-22)23-16-8-3-9-17-23/h1-9,12-17,20,24-25H,10-11,18-19H2/q+1/t20-,24+/m1/s1. The minimum absolute atomic E-state index is 0.162. The van der Waals surface area contributed by atoms with E-state index in [1.165, 1.54) is 15.9 Å². The van der Waals surface area contributed by atoms with E-state index in [9.17, 15) is 5.11 Å². The van der Waals surface area contributed by atoms with Crippen molar-refractivity contribution in [3.05, 3.63) is 91.0 Å². The highest BCUT2D eigenvalue weighted by molar-refractivity contribution is 7.95. The smallest absolute Gasteiger partial charge is 0.112 e. The van der Waals surface area contributed by atoms with Crippen molar-refractivity contribution in [2.45, 2.75) is 25.4 Å². The average Bonchev–Trinajstić information content (AvgIpc) is 3.12. The minimum atomic E-state index is -1.80. The van der Waals surface area contributed by atoms with Crippen molar-refractivity contribution in [3.8, 4) is 0 Å². The lowest BCUT2D eigenvalue weighted by molar-refractivity contribution is 0.143. The van der Waals surface area contributed by atoms with Crippen molar-refractivity contribution in [2.75, 3.05) is 6.16 Å². The van der Waals surface area contributed by atoms with Crippen LogP contribution in [0.25, 0.3) is 0 Å². The normalized spacial score (nSPS) is 20.2. The molecule has 1 N–H and O–H groups in total. The first-order valence-electron chi connectivity index (χ1n) is 9.54. The molecule has 4 rings (SSSR count). The number of hydrogen-bond acceptors (Lipinski definition) is 1. The van der Waals surface area contributed by atoms with Crippen molar-refractivity contribution in [1.82, 2.24) is 0 Å². The first-order valence-corrected chi connectivity index (χ1v) is 11.5. The van der Waals surface area contributed by atoms with Crippen molar-refractivity contribution in [1.29, 1.82) is 0 Å². The first kappa shape index (κ1) is 17.5. The number of hydrogen-bond donors (Lipinski definition) is 1. The molecule has 1 nitrogen and oxygen atoms in total. The van der Waals surface area contributed by atoms with Crippen molar-refractivity contribution in [2.24, 2.45) is 5.92 Å². The average molecular weight is 361 g/mol. The van der Waals surface area contributed by atoms with E-state index in [0.717, 1.165) is 25.4 Å². The molecule has 1 aliphatic carbocycles. The summed E-state index contributed by atoms with van der Waals surface area (Å²) in [7, 11) is -1.80. The maximum atomic E-state index is 10.6. The highest BCUT2D eigenvalue weighted by Crippen LogP contribution is 2.58. The fourth-order valence-corrected chi connectivity index (χ4v) is 9.09. The van der Waals surface area contributed by atoms with Crippen LogP contribution in [-0.2, 0) is 0 Å². The van der Waals surface area contributed by atoms with E-state index in [1.54, 1.807) is 0 Å². The van der Waals surface area contributed by atoms with Gasteiger partial charge in [-0.3, -0.25) is 0 Å². The SMILES string of the molecule is O[C@H]1CCC[C@@H]1C[P+](c1ccccc1)(c1ccccc1)c1ccccc1. The predicted molar refractivity (Wildman–Crippen MR) is 113 cm³/mol. The van der Waals surface area contributed by atoms with E-state index >= 15 is 0 Å². The maximum Gasteiger partial charge on any atom is 0.112 e. The zero-order chi connectivity index (χ0) is 17.8. The van der Waals surface area contributed by atoms with Crippen LogP contribution in [0, 0.1) is 5.92 Å². The van der Waals surface area contributed by atoms with E-state index in [4.69, 9.17) is 0 Å². The molecule has 0 heterocycles. The third-order valence-electron chi connectivity index (χ3n) is 5.72. The van der Waals surface area contributed by atoms with E-state index in [1.807, 2.05) is 0 Å². The van der Waals surface area contributed by atoms with Crippen LogP contribution < -0.4 is 15.9 Å². The molecule has 2 heteroatoms. The van der Waals surface area contributed by atoms with Gasteiger partial charge < -0.3 is 5.11 Å². The van der Waals surface area contributed by atoms with E-state index < -0.39 is 7.26 Å². The molecule has 26 heavy (non-hydrogen) atoms. The molecular weight excluding hydrogens is 335 g/mol. The maximum absolute atomic E-state index is 10.6. The monoisotopic (exact) mass is 361 g/mol. The lowest BCUT2D eigenvalue weighted by Crippen LogP contribution is -2.37. The third-order valence-corrected chi connectivity index (χ3v) is 10.3. The van der Waals surface area contributed by atoms with Crippen molar-refractivity contribution in [3.63, 3.8) is 0 Å². The van der Waals surface area contributed by atoms with Crippen LogP contribution in [-0.4, -0.2) is 17.4 Å². The topological polar surface area (TPSA) is 20.2 Å². The van der Waals surface area contributed by atoms with Gasteiger partial charge in [0.2, 0.25) is 0 Å². The van der Waals surface area contributed by atoms with Crippen LogP contribution >= 0.6 is 7.26 Å². The Kier molecular flexibility index (Phi) is 5.20. The number of aliphatic hydroxyl groups excluding tert-OH is 1. The molecule has 0 bridgehead atoms. The summed E-state index contributed by atoms with van der Waals surface area (Å²) in [6.07, 6.45) is 4.11.